The molecule has 2 aromatic heterocycles. The first-order valence-electron chi connectivity index (χ1n) is 10.3. The molecule has 0 N–H and O–H groups in total. The number of fused-ring (bicyclic) bond motifs is 2. The standard InChI is InChI=1S/C27H25N3/c1-27(2,3)22-17-20(16-19-12-8-9-13-21(19)22)24-25-23(14-15-28-24)30(4)26(29-25)18-10-6-5-7-11-18/h5-17H,1-4H3. The van der Waals surface area contributed by atoms with Crippen molar-refractivity contribution in [3.8, 4) is 22.6 Å². The van der Waals surface area contributed by atoms with Gasteiger partial charge in [0.1, 0.15) is 11.3 Å². The Morgan fingerprint density at radius 1 is 0.800 bits per heavy atom. The average molecular weight is 392 g/mol. The first-order valence-corrected chi connectivity index (χ1v) is 10.3. The molecule has 3 nitrogen and oxygen atoms in total. The number of hydrogen-bond donors (Lipinski definition) is 0. The predicted molar refractivity (Wildman–Crippen MR) is 126 cm³/mol. The maximum atomic E-state index is 5.03. The van der Waals surface area contributed by atoms with E-state index in [-0.39, 0.29) is 5.41 Å². The van der Waals surface area contributed by atoms with E-state index in [0.717, 1.165) is 33.7 Å². The quantitative estimate of drug-likeness (QED) is 0.333. The highest BCUT2D eigenvalue weighted by molar-refractivity contribution is 5.97. The minimum atomic E-state index is 0.0306. The number of pyridine rings is 1. The van der Waals surface area contributed by atoms with Crippen LogP contribution in [0.2, 0.25) is 0 Å². The molecule has 0 unspecified atom stereocenters. The third-order valence-electron chi connectivity index (χ3n) is 5.77. The topological polar surface area (TPSA) is 30.7 Å². The fourth-order valence-corrected chi connectivity index (χ4v) is 4.24. The summed E-state index contributed by atoms with van der Waals surface area (Å²) in [5.74, 6) is 0.955. The Morgan fingerprint density at radius 3 is 2.30 bits per heavy atom. The summed E-state index contributed by atoms with van der Waals surface area (Å²) in [6.45, 7) is 6.79. The lowest BCUT2D eigenvalue weighted by Crippen LogP contribution is -2.12. The summed E-state index contributed by atoms with van der Waals surface area (Å²) in [5.41, 5.74) is 6.54. The van der Waals surface area contributed by atoms with E-state index in [1.54, 1.807) is 0 Å². The molecule has 0 saturated carbocycles. The Bertz CT molecular complexity index is 1370. The molecule has 148 valence electrons. The number of hydrogen-bond acceptors (Lipinski definition) is 2. The van der Waals surface area contributed by atoms with Gasteiger partial charge in [0.25, 0.3) is 0 Å². The van der Waals surface area contributed by atoms with E-state index in [0.29, 0.717) is 0 Å². The van der Waals surface area contributed by atoms with Gasteiger partial charge in [-0.1, -0.05) is 75.4 Å². The highest BCUT2D eigenvalue weighted by Gasteiger charge is 2.20. The van der Waals surface area contributed by atoms with E-state index < -0.39 is 0 Å². The first-order chi connectivity index (χ1) is 14.4. The van der Waals surface area contributed by atoms with Crippen molar-refractivity contribution in [3.05, 3.63) is 84.6 Å². The Hall–Kier alpha value is -3.46. The average Bonchev–Trinajstić information content (AvgIpc) is 3.09. The van der Waals surface area contributed by atoms with E-state index in [1.165, 1.54) is 16.3 Å². The van der Waals surface area contributed by atoms with Crippen molar-refractivity contribution in [1.29, 1.82) is 0 Å². The monoisotopic (exact) mass is 391 g/mol. The van der Waals surface area contributed by atoms with Gasteiger partial charge in [-0.25, -0.2) is 4.98 Å². The number of imidazole rings is 1. The van der Waals surface area contributed by atoms with Crippen molar-refractivity contribution < 1.29 is 0 Å². The van der Waals surface area contributed by atoms with Crippen molar-refractivity contribution in [1.82, 2.24) is 14.5 Å². The van der Waals surface area contributed by atoms with Crippen LogP contribution in [0.25, 0.3) is 44.5 Å². The fourth-order valence-electron chi connectivity index (χ4n) is 4.24. The van der Waals surface area contributed by atoms with E-state index in [9.17, 15) is 0 Å². The summed E-state index contributed by atoms with van der Waals surface area (Å²) < 4.78 is 2.15. The molecule has 3 heteroatoms. The molecule has 0 aliphatic carbocycles. The molecule has 0 amide bonds. The van der Waals surface area contributed by atoms with Crippen LogP contribution in [0.15, 0.2) is 79.0 Å². The maximum absolute atomic E-state index is 5.03. The zero-order chi connectivity index (χ0) is 20.9. The third kappa shape index (κ3) is 2.98. The van der Waals surface area contributed by atoms with Gasteiger partial charge in [0.05, 0.1) is 11.2 Å². The minimum absolute atomic E-state index is 0.0306. The molecule has 0 aliphatic heterocycles. The van der Waals surface area contributed by atoms with Crippen molar-refractivity contribution in [2.24, 2.45) is 7.05 Å². The maximum Gasteiger partial charge on any atom is 0.140 e. The molecular weight excluding hydrogens is 366 g/mol. The van der Waals surface area contributed by atoms with Crippen LogP contribution in [0.1, 0.15) is 26.3 Å². The Kier molecular flexibility index (Phi) is 4.21. The smallest absolute Gasteiger partial charge is 0.140 e. The zero-order valence-corrected chi connectivity index (χ0v) is 17.8. The van der Waals surface area contributed by atoms with Gasteiger partial charge in [-0.05, 0) is 39.9 Å². The normalized spacial score (nSPS) is 12.0. The minimum Gasteiger partial charge on any atom is -0.327 e. The van der Waals surface area contributed by atoms with E-state index in [1.807, 2.05) is 30.5 Å². The number of benzene rings is 3. The molecule has 0 fully saturated rings. The second-order valence-corrected chi connectivity index (χ2v) is 8.88. The molecule has 0 atom stereocenters. The molecule has 0 saturated heterocycles. The van der Waals surface area contributed by atoms with Gasteiger partial charge >= 0.3 is 0 Å². The van der Waals surface area contributed by atoms with Crippen LogP contribution in [0.5, 0.6) is 0 Å². The van der Waals surface area contributed by atoms with E-state index >= 15 is 0 Å². The van der Waals surface area contributed by atoms with E-state index in [2.05, 4.69) is 80.9 Å². The highest BCUT2D eigenvalue weighted by atomic mass is 15.1. The van der Waals surface area contributed by atoms with Crippen LogP contribution < -0.4 is 0 Å². The number of aromatic nitrogens is 3. The predicted octanol–water partition coefficient (Wildman–Crippen LogP) is 6.75. The van der Waals surface area contributed by atoms with Gasteiger partial charge in [0.15, 0.2) is 0 Å². The van der Waals surface area contributed by atoms with Crippen molar-refractivity contribution in [3.63, 3.8) is 0 Å². The molecule has 3 aromatic carbocycles. The van der Waals surface area contributed by atoms with Crippen LogP contribution in [-0.2, 0) is 12.5 Å². The third-order valence-corrected chi connectivity index (χ3v) is 5.77. The summed E-state index contributed by atoms with van der Waals surface area (Å²) >= 11 is 0. The molecule has 30 heavy (non-hydrogen) atoms. The Labute approximate surface area is 177 Å². The van der Waals surface area contributed by atoms with Crippen LogP contribution in [0.4, 0.5) is 0 Å². The summed E-state index contributed by atoms with van der Waals surface area (Å²) in [4.78, 5) is 9.81. The molecule has 5 aromatic rings. The summed E-state index contributed by atoms with van der Waals surface area (Å²) in [7, 11) is 2.07. The Balaban J connectivity index is 1.79. The van der Waals surface area contributed by atoms with Crippen molar-refractivity contribution >= 4 is 21.8 Å². The summed E-state index contributed by atoms with van der Waals surface area (Å²) in [5, 5.41) is 2.53. The summed E-state index contributed by atoms with van der Waals surface area (Å²) in [6, 6.07) is 25.5. The van der Waals surface area contributed by atoms with Gasteiger partial charge in [-0.2, -0.15) is 0 Å². The second-order valence-electron chi connectivity index (χ2n) is 8.88. The first kappa shape index (κ1) is 18.6. The van der Waals surface area contributed by atoms with Crippen LogP contribution in [0.3, 0.4) is 0 Å². The summed E-state index contributed by atoms with van der Waals surface area (Å²) in [6.07, 6.45) is 1.89. The van der Waals surface area contributed by atoms with Crippen molar-refractivity contribution in [2.45, 2.75) is 26.2 Å². The number of rotatable bonds is 2. The molecule has 0 spiro atoms. The number of aryl methyl sites for hydroxylation is 1. The molecule has 2 heterocycles. The molecule has 0 radical (unpaired) electrons. The lowest BCUT2D eigenvalue weighted by atomic mass is 9.82. The van der Waals surface area contributed by atoms with Crippen LogP contribution >= 0.6 is 0 Å². The van der Waals surface area contributed by atoms with Crippen LogP contribution in [0, 0.1) is 0 Å². The van der Waals surface area contributed by atoms with Gasteiger partial charge in [-0.15, -0.1) is 0 Å². The van der Waals surface area contributed by atoms with Gasteiger partial charge < -0.3 is 4.57 Å². The number of nitrogens with zero attached hydrogens (tertiary/aromatic N) is 3. The Morgan fingerprint density at radius 2 is 1.53 bits per heavy atom. The van der Waals surface area contributed by atoms with Crippen LogP contribution in [-0.4, -0.2) is 14.5 Å². The SMILES string of the molecule is Cn1c(-c2ccccc2)nc2c(-c3cc(C(C)(C)C)c4ccccc4c3)nccc21. The van der Waals surface area contributed by atoms with Gasteiger partial charge in [0, 0.05) is 24.4 Å². The van der Waals surface area contributed by atoms with Crippen molar-refractivity contribution in [2.75, 3.05) is 0 Å². The van der Waals surface area contributed by atoms with Gasteiger partial charge in [-0.3, -0.25) is 4.98 Å². The van der Waals surface area contributed by atoms with E-state index in [4.69, 9.17) is 9.97 Å². The lowest BCUT2D eigenvalue weighted by molar-refractivity contribution is 0.596. The van der Waals surface area contributed by atoms with Gasteiger partial charge in [0.2, 0.25) is 0 Å². The largest absolute Gasteiger partial charge is 0.327 e. The lowest BCUT2D eigenvalue weighted by Gasteiger charge is -2.22. The second kappa shape index (κ2) is 6.81. The molecule has 0 aliphatic rings. The molecule has 5 rings (SSSR count). The molecule has 0 bridgehead atoms. The molecular formula is C27H25N3. The zero-order valence-electron chi connectivity index (χ0n) is 17.8. The highest BCUT2D eigenvalue weighted by Crippen LogP contribution is 2.36. The fraction of sp³-hybridized carbons (Fsp3) is 0.185.